The molecule has 0 aromatic heterocycles. The number of nitrogens with one attached hydrogen (secondary N) is 2. The fourth-order valence-corrected chi connectivity index (χ4v) is 3.26. The summed E-state index contributed by atoms with van der Waals surface area (Å²) in [6.07, 6.45) is 0. The Morgan fingerprint density at radius 2 is 0.914 bits per heavy atom. The van der Waals surface area contributed by atoms with Crippen LogP contribution in [0.1, 0.15) is 20.7 Å². The minimum absolute atomic E-state index is 0.315. The van der Waals surface area contributed by atoms with Crippen molar-refractivity contribution in [2.24, 2.45) is 0 Å². The summed E-state index contributed by atoms with van der Waals surface area (Å²) in [5.41, 5.74) is 26.8. The number of rotatable bonds is 6. The van der Waals surface area contributed by atoms with E-state index in [1.165, 1.54) is 0 Å². The smallest absolute Gasteiger partial charge is 0.255 e. The van der Waals surface area contributed by atoms with Gasteiger partial charge < -0.3 is 38.3 Å². The maximum atomic E-state index is 12.5. The highest BCUT2D eigenvalue weighted by Gasteiger charge is 2.11. The molecule has 2 amide bonds. The van der Waals surface area contributed by atoms with Crippen molar-refractivity contribution in [2.45, 2.75) is 0 Å². The summed E-state index contributed by atoms with van der Waals surface area (Å²) in [4.78, 5) is 25.0. The third kappa shape index (κ3) is 5.60. The van der Waals surface area contributed by atoms with Gasteiger partial charge in [-0.1, -0.05) is 0 Å². The number of ether oxygens (including phenoxy) is 1. The molecule has 0 radical (unpaired) electrons. The van der Waals surface area contributed by atoms with E-state index < -0.39 is 0 Å². The van der Waals surface area contributed by atoms with Gasteiger partial charge in [0.2, 0.25) is 0 Å². The summed E-state index contributed by atoms with van der Waals surface area (Å²) in [6.45, 7) is 0. The molecule has 0 aliphatic heterocycles. The second-order valence-electron chi connectivity index (χ2n) is 7.75. The molecule has 0 aliphatic rings. The Labute approximate surface area is 201 Å². The van der Waals surface area contributed by atoms with Crippen molar-refractivity contribution >= 4 is 45.9 Å². The molecule has 0 atom stereocenters. The topological polar surface area (TPSA) is 172 Å². The Morgan fingerprint density at radius 3 is 1.26 bits per heavy atom. The molecule has 4 rings (SSSR count). The minimum atomic E-state index is -0.315. The van der Waals surface area contributed by atoms with Gasteiger partial charge in [0.05, 0.1) is 22.7 Å². The van der Waals surface area contributed by atoms with Gasteiger partial charge in [-0.05, 0) is 84.9 Å². The number of benzene rings is 4. The van der Waals surface area contributed by atoms with Crippen molar-refractivity contribution in [3.63, 3.8) is 0 Å². The number of hydrogen-bond donors (Lipinski definition) is 6. The molecular formula is C26H24N6O3. The van der Waals surface area contributed by atoms with Gasteiger partial charge in [0.25, 0.3) is 11.8 Å². The highest BCUT2D eigenvalue weighted by atomic mass is 16.5. The van der Waals surface area contributed by atoms with E-state index in [0.29, 0.717) is 56.8 Å². The van der Waals surface area contributed by atoms with Crippen LogP contribution in [0.25, 0.3) is 0 Å². The van der Waals surface area contributed by atoms with Crippen molar-refractivity contribution in [2.75, 3.05) is 33.6 Å². The number of nitrogen functional groups attached to an aromatic ring is 4. The van der Waals surface area contributed by atoms with Crippen molar-refractivity contribution in [3.8, 4) is 11.5 Å². The lowest BCUT2D eigenvalue weighted by molar-refractivity contribution is 0.101. The highest BCUT2D eigenvalue weighted by molar-refractivity contribution is 6.06. The van der Waals surface area contributed by atoms with Crippen LogP contribution < -0.4 is 38.3 Å². The van der Waals surface area contributed by atoms with E-state index in [9.17, 15) is 9.59 Å². The highest BCUT2D eigenvalue weighted by Crippen LogP contribution is 2.25. The first-order valence-corrected chi connectivity index (χ1v) is 10.6. The Hall–Kier alpha value is -5.18. The normalized spacial score (nSPS) is 10.4. The lowest BCUT2D eigenvalue weighted by atomic mass is 10.1. The number of hydrogen-bond acceptors (Lipinski definition) is 7. The van der Waals surface area contributed by atoms with Crippen LogP contribution in [0.2, 0.25) is 0 Å². The Morgan fingerprint density at radius 1 is 0.543 bits per heavy atom. The fourth-order valence-electron chi connectivity index (χ4n) is 3.26. The summed E-state index contributed by atoms with van der Waals surface area (Å²) >= 11 is 0. The fraction of sp³-hybridized carbons (Fsp3) is 0. The predicted octanol–water partition coefficient (Wildman–Crippen LogP) is 4.31. The summed E-state index contributed by atoms with van der Waals surface area (Å²) in [6, 6.07) is 23.0. The van der Waals surface area contributed by atoms with E-state index >= 15 is 0 Å². The molecule has 0 bridgehead atoms. The molecule has 0 unspecified atom stereocenters. The molecule has 35 heavy (non-hydrogen) atoms. The lowest BCUT2D eigenvalue weighted by Crippen LogP contribution is -2.13. The van der Waals surface area contributed by atoms with Crippen LogP contribution >= 0.6 is 0 Å². The Bertz CT molecular complexity index is 1280. The van der Waals surface area contributed by atoms with Crippen LogP contribution in [0.15, 0.2) is 84.9 Å². The molecule has 10 N–H and O–H groups in total. The average Bonchev–Trinajstić information content (AvgIpc) is 2.83. The van der Waals surface area contributed by atoms with E-state index in [2.05, 4.69) is 10.6 Å². The largest absolute Gasteiger partial charge is 0.457 e. The molecule has 0 saturated carbocycles. The number of carbonyl (C=O) groups is 2. The van der Waals surface area contributed by atoms with Crippen molar-refractivity contribution in [1.29, 1.82) is 0 Å². The summed E-state index contributed by atoms with van der Waals surface area (Å²) in [5, 5.41) is 5.50. The summed E-state index contributed by atoms with van der Waals surface area (Å²) < 4.78 is 5.82. The van der Waals surface area contributed by atoms with Crippen LogP contribution in [0.4, 0.5) is 34.1 Å². The van der Waals surface area contributed by atoms with Gasteiger partial charge in [-0.15, -0.1) is 0 Å². The molecule has 176 valence electrons. The number of carbonyl (C=O) groups excluding carboxylic acids is 2. The molecule has 0 spiro atoms. The predicted molar refractivity (Wildman–Crippen MR) is 139 cm³/mol. The van der Waals surface area contributed by atoms with Gasteiger partial charge >= 0.3 is 0 Å². The molecule has 4 aromatic carbocycles. The quantitative estimate of drug-likeness (QED) is 0.229. The zero-order valence-electron chi connectivity index (χ0n) is 18.6. The van der Waals surface area contributed by atoms with Gasteiger partial charge in [0.1, 0.15) is 11.5 Å². The van der Waals surface area contributed by atoms with Gasteiger partial charge in [0.15, 0.2) is 0 Å². The zero-order valence-corrected chi connectivity index (χ0v) is 18.6. The summed E-state index contributed by atoms with van der Waals surface area (Å²) in [5.74, 6) is 0.427. The molecule has 9 nitrogen and oxygen atoms in total. The van der Waals surface area contributed by atoms with Gasteiger partial charge in [0, 0.05) is 22.5 Å². The first-order valence-electron chi connectivity index (χ1n) is 10.6. The molecule has 0 aliphatic carbocycles. The van der Waals surface area contributed by atoms with Crippen molar-refractivity contribution < 1.29 is 14.3 Å². The number of nitrogens with two attached hydrogens (primary N) is 4. The van der Waals surface area contributed by atoms with Gasteiger partial charge in [-0.3, -0.25) is 9.59 Å². The van der Waals surface area contributed by atoms with Crippen molar-refractivity contribution in [3.05, 3.63) is 96.1 Å². The first-order chi connectivity index (χ1) is 16.8. The van der Waals surface area contributed by atoms with Gasteiger partial charge in [-0.2, -0.15) is 0 Å². The van der Waals surface area contributed by atoms with E-state index in [0.717, 1.165) is 0 Å². The van der Waals surface area contributed by atoms with Crippen molar-refractivity contribution in [1.82, 2.24) is 0 Å². The third-order valence-corrected chi connectivity index (χ3v) is 5.12. The third-order valence-electron chi connectivity index (χ3n) is 5.12. The molecule has 0 heterocycles. The first kappa shape index (κ1) is 23.0. The van der Waals surface area contributed by atoms with Crippen LogP contribution in [0.3, 0.4) is 0 Å². The molecule has 9 heteroatoms. The number of anilines is 6. The van der Waals surface area contributed by atoms with Crippen LogP contribution in [-0.2, 0) is 0 Å². The van der Waals surface area contributed by atoms with E-state index in [1.54, 1.807) is 84.9 Å². The van der Waals surface area contributed by atoms with Crippen LogP contribution in [0, 0.1) is 0 Å². The van der Waals surface area contributed by atoms with E-state index in [-0.39, 0.29) is 11.8 Å². The number of amides is 2. The monoisotopic (exact) mass is 468 g/mol. The van der Waals surface area contributed by atoms with Crippen LogP contribution in [0.5, 0.6) is 11.5 Å². The average molecular weight is 469 g/mol. The SMILES string of the molecule is Nc1ccc(NC(=O)c2ccc(Oc3ccc(C(=O)Nc4ccc(N)cc4N)cc3)cc2)c(N)c1. The maximum Gasteiger partial charge on any atom is 0.255 e. The second-order valence-corrected chi connectivity index (χ2v) is 7.75. The second kappa shape index (κ2) is 9.75. The lowest BCUT2D eigenvalue weighted by Gasteiger charge is -2.11. The Balaban J connectivity index is 1.37. The standard InChI is InChI=1S/C26H24N6O3/c27-17-5-11-23(21(29)13-17)31-25(33)15-1-7-19(8-2-15)35-20-9-3-16(4-10-20)26(34)32-24-12-6-18(28)14-22(24)30/h1-14H,27-30H2,(H,31,33)(H,32,34). The van der Waals surface area contributed by atoms with Gasteiger partial charge in [-0.25, -0.2) is 0 Å². The van der Waals surface area contributed by atoms with E-state index in [1.807, 2.05) is 0 Å². The van der Waals surface area contributed by atoms with Crippen LogP contribution in [-0.4, -0.2) is 11.8 Å². The minimum Gasteiger partial charge on any atom is -0.457 e. The molecular weight excluding hydrogens is 444 g/mol. The molecule has 0 saturated heterocycles. The Kier molecular flexibility index (Phi) is 6.41. The molecule has 0 fully saturated rings. The maximum absolute atomic E-state index is 12.5. The van der Waals surface area contributed by atoms with E-state index in [4.69, 9.17) is 27.7 Å². The zero-order chi connectivity index (χ0) is 24.9. The molecule has 4 aromatic rings. The summed E-state index contributed by atoms with van der Waals surface area (Å²) in [7, 11) is 0.